The number of halogens is 1. The molecule has 2 rings (SSSR count). The lowest BCUT2D eigenvalue weighted by atomic mass is 10.1. The van der Waals surface area contributed by atoms with E-state index in [1.165, 1.54) is 0 Å². The second-order valence-electron chi connectivity index (χ2n) is 4.73. The van der Waals surface area contributed by atoms with E-state index in [0.717, 1.165) is 12.8 Å². The monoisotopic (exact) mass is 303 g/mol. The van der Waals surface area contributed by atoms with Gasteiger partial charge in [0.25, 0.3) is 0 Å². The van der Waals surface area contributed by atoms with Gasteiger partial charge in [-0.15, -0.1) is 0 Å². The molecular formula is C13H18ClNO3S. The zero-order valence-corrected chi connectivity index (χ0v) is 12.2. The molecule has 1 unspecified atom stereocenters. The Morgan fingerprint density at radius 1 is 1.32 bits per heavy atom. The highest BCUT2D eigenvalue weighted by molar-refractivity contribution is 7.89. The van der Waals surface area contributed by atoms with E-state index in [9.17, 15) is 8.42 Å². The lowest BCUT2D eigenvalue weighted by Crippen LogP contribution is -2.35. The highest BCUT2D eigenvalue weighted by Gasteiger charge is 2.34. The molecular weight excluding hydrogens is 286 g/mol. The van der Waals surface area contributed by atoms with Crippen molar-refractivity contribution in [2.45, 2.75) is 36.6 Å². The molecule has 0 bridgehead atoms. The van der Waals surface area contributed by atoms with Crippen LogP contribution in [0.3, 0.4) is 0 Å². The maximum atomic E-state index is 12.5. The summed E-state index contributed by atoms with van der Waals surface area (Å²) >= 11 is 5.78. The third kappa shape index (κ3) is 3.28. The number of hydrogen-bond acceptors (Lipinski definition) is 3. The number of sulfonamides is 1. The van der Waals surface area contributed by atoms with Gasteiger partial charge in [-0.1, -0.05) is 11.6 Å². The summed E-state index contributed by atoms with van der Waals surface area (Å²) < 4.78 is 26.6. The van der Waals surface area contributed by atoms with Crippen LogP contribution in [0.1, 0.15) is 25.7 Å². The van der Waals surface area contributed by atoms with Gasteiger partial charge in [0, 0.05) is 24.2 Å². The molecule has 1 aliphatic heterocycles. The molecule has 1 fully saturated rings. The zero-order valence-electron chi connectivity index (χ0n) is 10.6. The standard InChI is InChI=1S/C13H18ClNO3S/c14-11-5-7-13(8-6-11)19(17,18)15-9-1-3-12(15)4-2-10-16/h5-8,12,16H,1-4,9-10H2. The summed E-state index contributed by atoms with van der Waals surface area (Å²) in [5.41, 5.74) is 0. The molecule has 4 nitrogen and oxygen atoms in total. The van der Waals surface area contributed by atoms with E-state index in [1.807, 2.05) is 0 Å². The van der Waals surface area contributed by atoms with E-state index in [0.29, 0.717) is 24.4 Å². The van der Waals surface area contributed by atoms with Gasteiger partial charge in [-0.2, -0.15) is 4.31 Å². The zero-order chi connectivity index (χ0) is 13.9. The summed E-state index contributed by atoms with van der Waals surface area (Å²) in [4.78, 5) is 0.285. The van der Waals surface area contributed by atoms with Crippen LogP contribution in [0.25, 0.3) is 0 Å². The van der Waals surface area contributed by atoms with E-state index in [-0.39, 0.29) is 17.5 Å². The Hall–Kier alpha value is -0.620. The number of hydrogen-bond donors (Lipinski definition) is 1. The Balaban J connectivity index is 2.21. The topological polar surface area (TPSA) is 57.6 Å². The van der Waals surface area contributed by atoms with E-state index in [4.69, 9.17) is 16.7 Å². The van der Waals surface area contributed by atoms with Crippen LogP contribution >= 0.6 is 11.6 Å². The first-order chi connectivity index (χ1) is 9.05. The van der Waals surface area contributed by atoms with Gasteiger partial charge >= 0.3 is 0 Å². The predicted octanol–water partition coefficient (Wildman–Crippen LogP) is 2.27. The Labute approximate surface area is 119 Å². The molecule has 1 aromatic rings. The molecule has 0 radical (unpaired) electrons. The fraction of sp³-hybridized carbons (Fsp3) is 0.538. The van der Waals surface area contributed by atoms with Gasteiger partial charge in [-0.25, -0.2) is 8.42 Å². The first-order valence-electron chi connectivity index (χ1n) is 6.44. The number of nitrogens with zero attached hydrogens (tertiary/aromatic N) is 1. The smallest absolute Gasteiger partial charge is 0.243 e. The summed E-state index contributed by atoms with van der Waals surface area (Å²) in [6.07, 6.45) is 3.09. The summed E-state index contributed by atoms with van der Waals surface area (Å²) in [6.45, 7) is 0.659. The van der Waals surface area contributed by atoms with Gasteiger partial charge in [-0.3, -0.25) is 0 Å². The summed E-state index contributed by atoms with van der Waals surface area (Å²) in [7, 11) is -3.44. The van der Waals surface area contributed by atoms with Crippen molar-refractivity contribution in [3.8, 4) is 0 Å². The van der Waals surface area contributed by atoms with Crippen molar-refractivity contribution in [3.63, 3.8) is 0 Å². The second-order valence-corrected chi connectivity index (χ2v) is 7.06. The first kappa shape index (κ1) is 14.8. The van der Waals surface area contributed by atoms with E-state index >= 15 is 0 Å². The molecule has 6 heteroatoms. The molecule has 1 heterocycles. The maximum Gasteiger partial charge on any atom is 0.243 e. The van der Waals surface area contributed by atoms with Crippen molar-refractivity contribution in [2.24, 2.45) is 0 Å². The van der Waals surface area contributed by atoms with Crippen molar-refractivity contribution in [3.05, 3.63) is 29.3 Å². The normalized spacial score (nSPS) is 20.8. The van der Waals surface area contributed by atoms with Crippen molar-refractivity contribution >= 4 is 21.6 Å². The molecule has 1 aromatic carbocycles. The minimum atomic E-state index is -3.44. The molecule has 0 aliphatic carbocycles. The van der Waals surface area contributed by atoms with Crippen LogP contribution in [-0.2, 0) is 10.0 Å². The largest absolute Gasteiger partial charge is 0.396 e. The van der Waals surface area contributed by atoms with Gasteiger partial charge < -0.3 is 5.11 Å². The number of benzene rings is 1. The Kier molecular flexibility index (Phi) is 4.84. The third-order valence-electron chi connectivity index (χ3n) is 3.44. The minimum absolute atomic E-state index is 0.00725. The van der Waals surface area contributed by atoms with Crippen LogP contribution in [-0.4, -0.2) is 37.0 Å². The van der Waals surface area contributed by atoms with E-state index in [2.05, 4.69) is 0 Å². The van der Waals surface area contributed by atoms with E-state index in [1.54, 1.807) is 28.6 Å². The van der Waals surface area contributed by atoms with Crippen LogP contribution in [0.15, 0.2) is 29.2 Å². The molecule has 0 saturated carbocycles. The van der Waals surface area contributed by atoms with Crippen molar-refractivity contribution in [1.82, 2.24) is 4.31 Å². The predicted molar refractivity (Wildman–Crippen MR) is 74.7 cm³/mol. The second kappa shape index (κ2) is 6.22. The molecule has 1 N–H and O–H groups in total. The van der Waals surface area contributed by atoms with Crippen LogP contribution < -0.4 is 0 Å². The summed E-state index contributed by atoms with van der Waals surface area (Å²) in [6, 6.07) is 6.27. The van der Waals surface area contributed by atoms with E-state index < -0.39 is 10.0 Å². The molecule has 106 valence electrons. The summed E-state index contributed by atoms with van der Waals surface area (Å²) in [5.74, 6) is 0. The molecule has 1 atom stereocenters. The Morgan fingerprint density at radius 3 is 2.63 bits per heavy atom. The Bertz CT molecular complexity index is 515. The molecule has 1 aliphatic rings. The van der Waals surface area contributed by atoms with Crippen molar-refractivity contribution in [1.29, 1.82) is 0 Å². The third-order valence-corrected chi connectivity index (χ3v) is 5.66. The van der Waals surface area contributed by atoms with Gasteiger partial charge in [0.2, 0.25) is 10.0 Å². The SMILES string of the molecule is O=S(=O)(c1ccc(Cl)cc1)N1CCCC1CCCO. The average molecular weight is 304 g/mol. The van der Waals surface area contributed by atoms with Crippen molar-refractivity contribution in [2.75, 3.05) is 13.2 Å². The molecule has 19 heavy (non-hydrogen) atoms. The Morgan fingerprint density at radius 2 is 2.00 bits per heavy atom. The maximum absolute atomic E-state index is 12.5. The molecule has 0 spiro atoms. The fourth-order valence-electron chi connectivity index (χ4n) is 2.48. The summed E-state index contributed by atoms with van der Waals surface area (Å²) in [5, 5.41) is 9.41. The number of rotatable bonds is 5. The van der Waals surface area contributed by atoms with Crippen molar-refractivity contribution < 1.29 is 13.5 Å². The molecule has 0 aromatic heterocycles. The van der Waals surface area contributed by atoms with Crippen LogP contribution in [0.5, 0.6) is 0 Å². The lowest BCUT2D eigenvalue weighted by molar-refractivity contribution is 0.264. The quantitative estimate of drug-likeness (QED) is 0.908. The molecule has 1 saturated heterocycles. The fourth-order valence-corrected chi connectivity index (χ4v) is 4.33. The van der Waals surface area contributed by atoms with Crippen LogP contribution in [0, 0.1) is 0 Å². The number of aliphatic hydroxyl groups excluding tert-OH is 1. The van der Waals surface area contributed by atoms with Crippen LogP contribution in [0.4, 0.5) is 0 Å². The van der Waals surface area contributed by atoms with Crippen LogP contribution in [0.2, 0.25) is 5.02 Å². The van der Waals surface area contributed by atoms with Gasteiger partial charge in [0.15, 0.2) is 0 Å². The lowest BCUT2D eigenvalue weighted by Gasteiger charge is -2.23. The average Bonchev–Trinajstić information content (AvgIpc) is 2.86. The highest BCUT2D eigenvalue weighted by Crippen LogP contribution is 2.28. The molecule has 0 amide bonds. The van der Waals surface area contributed by atoms with Gasteiger partial charge in [0.1, 0.15) is 0 Å². The first-order valence-corrected chi connectivity index (χ1v) is 8.26. The number of aliphatic hydroxyl groups is 1. The highest BCUT2D eigenvalue weighted by atomic mass is 35.5. The minimum Gasteiger partial charge on any atom is -0.396 e. The van der Waals surface area contributed by atoms with Gasteiger partial charge in [-0.05, 0) is 49.9 Å². The van der Waals surface area contributed by atoms with Gasteiger partial charge in [0.05, 0.1) is 4.90 Å².